The van der Waals surface area contributed by atoms with Crippen LogP contribution < -0.4 is 15.8 Å². The third-order valence-corrected chi connectivity index (χ3v) is 4.15. The Balaban J connectivity index is 1.81. The summed E-state index contributed by atoms with van der Waals surface area (Å²) in [6, 6.07) is 1.88. The van der Waals surface area contributed by atoms with Gasteiger partial charge in [0.15, 0.2) is 0 Å². The molecular formula is C15H21N3O2. The van der Waals surface area contributed by atoms with Gasteiger partial charge in [0.2, 0.25) is 5.88 Å². The standard InChI is InChI=1S/C15H21N3O2/c16-14(19)12-7-11-3-1-2-4-13(11)18-15(12)20-9-10-5-6-17-8-10/h7,10,17H,1-6,8-9H2,(H2,16,19). The van der Waals surface area contributed by atoms with Gasteiger partial charge in [-0.25, -0.2) is 4.98 Å². The molecule has 0 aromatic carbocycles. The zero-order valence-electron chi connectivity index (χ0n) is 11.7. The second-order valence-corrected chi connectivity index (χ2v) is 5.69. The van der Waals surface area contributed by atoms with Crippen LogP contribution in [0.25, 0.3) is 0 Å². The highest BCUT2D eigenvalue weighted by atomic mass is 16.5. The molecule has 3 N–H and O–H groups in total. The summed E-state index contributed by atoms with van der Waals surface area (Å²) in [6.45, 7) is 2.60. The molecule has 1 fully saturated rings. The Bertz CT molecular complexity index is 510. The Morgan fingerprint density at radius 3 is 3.05 bits per heavy atom. The van der Waals surface area contributed by atoms with E-state index in [1.807, 2.05) is 6.07 Å². The van der Waals surface area contributed by atoms with Gasteiger partial charge in [-0.1, -0.05) is 0 Å². The molecular weight excluding hydrogens is 254 g/mol. The summed E-state index contributed by atoms with van der Waals surface area (Å²) in [5.74, 6) is 0.462. The number of carbonyl (C=O) groups excluding carboxylic acids is 1. The molecule has 2 aliphatic rings. The zero-order chi connectivity index (χ0) is 13.9. The van der Waals surface area contributed by atoms with Crippen LogP contribution in [-0.4, -0.2) is 30.6 Å². The van der Waals surface area contributed by atoms with Crippen molar-refractivity contribution in [2.24, 2.45) is 11.7 Å². The van der Waals surface area contributed by atoms with Crippen molar-refractivity contribution in [2.45, 2.75) is 32.1 Å². The molecule has 0 radical (unpaired) electrons. The van der Waals surface area contributed by atoms with Gasteiger partial charge >= 0.3 is 0 Å². The fourth-order valence-corrected chi connectivity index (χ4v) is 2.95. The lowest BCUT2D eigenvalue weighted by Gasteiger charge is -2.18. The number of hydrogen-bond donors (Lipinski definition) is 2. The van der Waals surface area contributed by atoms with Crippen molar-refractivity contribution in [3.63, 3.8) is 0 Å². The fraction of sp³-hybridized carbons (Fsp3) is 0.600. The molecule has 5 nitrogen and oxygen atoms in total. The number of nitrogens with one attached hydrogen (secondary N) is 1. The average Bonchev–Trinajstić information content (AvgIpc) is 2.97. The smallest absolute Gasteiger partial charge is 0.254 e. The highest BCUT2D eigenvalue weighted by molar-refractivity contribution is 5.95. The van der Waals surface area contributed by atoms with Crippen LogP contribution in [0.2, 0.25) is 0 Å². The quantitative estimate of drug-likeness (QED) is 0.861. The number of primary amides is 1. The maximum absolute atomic E-state index is 11.6. The zero-order valence-corrected chi connectivity index (χ0v) is 11.7. The summed E-state index contributed by atoms with van der Waals surface area (Å²) in [5.41, 5.74) is 8.11. The molecule has 0 bridgehead atoms. The summed E-state index contributed by atoms with van der Waals surface area (Å²) in [6.07, 6.45) is 5.37. The summed E-state index contributed by atoms with van der Waals surface area (Å²) >= 11 is 0. The first kappa shape index (κ1) is 13.4. The number of rotatable bonds is 4. The molecule has 1 aliphatic carbocycles. The van der Waals surface area contributed by atoms with Crippen molar-refractivity contribution in [3.8, 4) is 5.88 Å². The normalized spacial score (nSPS) is 21.5. The molecule has 1 amide bonds. The van der Waals surface area contributed by atoms with E-state index in [2.05, 4.69) is 10.3 Å². The van der Waals surface area contributed by atoms with Crippen LogP contribution in [0.5, 0.6) is 5.88 Å². The maximum atomic E-state index is 11.6. The van der Waals surface area contributed by atoms with Crippen molar-refractivity contribution in [2.75, 3.05) is 19.7 Å². The molecule has 1 aliphatic heterocycles. The Hall–Kier alpha value is -1.62. The number of hydrogen-bond acceptors (Lipinski definition) is 4. The molecule has 2 heterocycles. The monoisotopic (exact) mass is 275 g/mol. The Kier molecular flexibility index (Phi) is 3.87. The predicted molar refractivity (Wildman–Crippen MR) is 75.9 cm³/mol. The van der Waals surface area contributed by atoms with Crippen molar-refractivity contribution >= 4 is 5.91 Å². The first-order valence-corrected chi connectivity index (χ1v) is 7.40. The van der Waals surface area contributed by atoms with Crippen LogP contribution in [-0.2, 0) is 12.8 Å². The third kappa shape index (κ3) is 2.77. The van der Waals surface area contributed by atoms with E-state index < -0.39 is 5.91 Å². The average molecular weight is 275 g/mol. The van der Waals surface area contributed by atoms with Gasteiger partial charge < -0.3 is 15.8 Å². The lowest BCUT2D eigenvalue weighted by molar-refractivity contribution is 0.0994. The predicted octanol–water partition coefficient (Wildman–Crippen LogP) is 1.05. The highest BCUT2D eigenvalue weighted by Crippen LogP contribution is 2.26. The Morgan fingerprint density at radius 2 is 2.30 bits per heavy atom. The van der Waals surface area contributed by atoms with Crippen molar-refractivity contribution in [3.05, 3.63) is 22.9 Å². The fourth-order valence-electron chi connectivity index (χ4n) is 2.95. The minimum atomic E-state index is -0.453. The minimum absolute atomic E-state index is 0.421. The van der Waals surface area contributed by atoms with Gasteiger partial charge in [-0.3, -0.25) is 4.79 Å². The lowest BCUT2D eigenvalue weighted by Crippen LogP contribution is -2.20. The van der Waals surface area contributed by atoms with E-state index in [0.29, 0.717) is 24.0 Å². The lowest BCUT2D eigenvalue weighted by atomic mass is 9.95. The van der Waals surface area contributed by atoms with Crippen LogP contribution >= 0.6 is 0 Å². The molecule has 20 heavy (non-hydrogen) atoms. The topological polar surface area (TPSA) is 77.2 Å². The number of nitrogens with zero attached hydrogens (tertiary/aromatic N) is 1. The van der Waals surface area contributed by atoms with Gasteiger partial charge in [-0.15, -0.1) is 0 Å². The molecule has 108 valence electrons. The molecule has 3 rings (SSSR count). The molecule has 0 saturated carbocycles. The molecule has 1 aromatic heterocycles. The van der Waals surface area contributed by atoms with Gasteiger partial charge in [0, 0.05) is 18.2 Å². The van der Waals surface area contributed by atoms with Crippen LogP contribution in [0.1, 0.15) is 40.9 Å². The number of ether oxygens (including phenoxy) is 1. The first-order chi connectivity index (χ1) is 9.74. The molecule has 5 heteroatoms. The largest absolute Gasteiger partial charge is 0.477 e. The third-order valence-electron chi connectivity index (χ3n) is 4.15. The number of fused-ring (bicyclic) bond motifs is 1. The van der Waals surface area contributed by atoms with Crippen LogP contribution in [0.15, 0.2) is 6.07 Å². The number of nitrogens with two attached hydrogens (primary N) is 1. The van der Waals surface area contributed by atoms with Gasteiger partial charge in [-0.05, 0) is 50.3 Å². The Labute approximate surface area is 118 Å². The maximum Gasteiger partial charge on any atom is 0.254 e. The summed E-state index contributed by atoms with van der Waals surface area (Å²) in [5, 5.41) is 3.30. The van der Waals surface area contributed by atoms with Crippen LogP contribution in [0.4, 0.5) is 0 Å². The number of pyridine rings is 1. The molecule has 0 spiro atoms. The van der Waals surface area contributed by atoms with Crippen molar-refractivity contribution in [1.29, 1.82) is 0 Å². The number of aromatic nitrogens is 1. The summed E-state index contributed by atoms with van der Waals surface area (Å²) < 4.78 is 5.80. The van der Waals surface area contributed by atoms with Crippen LogP contribution in [0.3, 0.4) is 0 Å². The first-order valence-electron chi connectivity index (χ1n) is 7.40. The molecule has 1 aromatic rings. The second kappa shape index (κ2) is 5.79. The van der Waals surface area contributed by atoms with Gasteiger partial charge in [0.25, 0.3) is 5.91 Å². The number of carbonyl (C=O) groups is 1. The number of amides is 1. The molecule has 1 atom stereocenters. The minimum Gasteiger partial charge on any atom is -0.477 e. The van der Waals surface area contributed by atoms with E-state index in [4.69, 9.17) is 10.5 Å². The highest BCUT2D eigenvalue weighted by Gasteiger charge is 2.21. The summed E-state index contributed by atoms with van der Waals surface area (Å²) in [4.78, 5) is 16.1. The van der Waals surface area contributed by atoms with E-state index in [0.717, 1.165) is 56.5 Å². The van der Waals surface area contributed by atoms with Crippen molar-refractivity contribution < 1.29 is 9.53 Å². The van der Waals surface area contributed by atoms with E-state index >= 15 is 0 Å². The van der Waals surface area contributed by atoms with E-state index in [1.165, 1.54) is 0 Å². The van der Waals surface area contributed by atoms with Crippen molar-refractivity contribution in [1.82, 2.24) is 10.3 Å². The molecule has 1 unspecified atom stereocenters. The van der Waals surface area contributed by atoms with Gasteiger partial charge in [-0.2, -0.15) is 0 Å². The van der Waals surface area contributed by atoms with E-state index in [-0.39, 0.29) is 0 Å². The van der Waals surface area contributed by atoms with Crippen LogP contribution in [0, 0.1) is 5.92 Å². The summed E-state index contributed by atoms with van der Waals surface area (Å²) in [7, 11) is 0. The van der Waals surface area contributed by atoms with Gasteiger partial charge in [0.1, 0.15) is 5.56 Å². The second-order valence-electron chi connectivity index (χ2n) is 5.69. The van der Waals surface area contributed by atoms with E-state index in [1.54, 1.807) is 0 Å². The van der Waals surface area contributed by atoms with E-state index in [9.17, 15) is 4.79 Å². The Morgan fingerprint density at radius 1 is 1.45 bits per heavy atom. The molecule has 1 saturated heterocycles. The SMILES string of the molecule is NC(=O)c1cc2c(nc1OCC1CCNC1)CCCC2. The number of aryl methyl sites for hydroxylation is 2. The van der Waals surface area contributed by atoms with Gasteiger partial charge in [0.05, 0.1) is 6.61 Å².